The summed E-state index contributed by atoms with van der Waals surface area (Å²) < 4.78 is 19.0. The highest BCUT2D eigenvalue weighted by atomic mass is 32.1. The Morgan fingerprint density at radius 2 is 1.31 bits per heavy atom. The van der Waals surface area contributed by atoms with E-state index in [1.54, 1.807) is 22.7 Å². The molecule has 3 heterocycles. The lowest BCUT2D eigenvalue weighted by atomic mass is 9.72. The Labute approximate surface area is 188 Å². The summed E-state index contributed by atoms with van der Waals surface area (Å²) in [5.41, 5.74) is 1.63. The van der Waals surface area contributed by atoms with Crippen LogP contribution in [0.25, 0.3) is 51.1 Å². The summed E-state index contributed by atoms with van der Waals surface area (Å²) in [4.78, 5) is 25.6. The Balaban J connectivity index is 1.61. The number of thiophene rings is 2. The molecule has 1 saturated heterocycles. The minimum Gasteiger partial charge on any atom is -0.271 e. The molecule has 2 atom stereocenters. The van der Waals surface area contributed by atoms with Gasteiger partial charge in [-0.3, -0.25) is 9.59 Å². The lowest BCUT2D eigenvalue weighted by molar-refractivity contribution is -0.155. The lowest BCUT2D eigenvalue weighted by Crippen LogP contribution is -2.21. The number of hydrogen-bond donors (Lipinski definition) is 0. The fraction of sp³-hybridized carbons (Fsp3) is 0.0769. The van der Waals surface area contributed by atoms with Crippen LogP contribution in [0.1, 0.15) is 23.0 Å². The van der Waals surface area contributed by atoms with Crippen molar-refractivity contribution in [2.75, 3.05) is 0 Å². The van der Waals surface area contributed by atoms with Gasteiger partial charge >= 0.3 is 0 Å². The van der Waals surface area contributed by atoms with E-state index in [1.165, 1.54) is 25.6 Å². The number of carbonyl (C=O) groups excluding carboxylic acids is 2. The van der Waals surface area contributed by atoms with Crippen LogP contribution in [0.5, 0.6) is 0 Å². The van der Waals surface area contributed by atoms with Crippen LogP contribution in [0.4, 0.5) is 4.48 Å². The molecule has 2 unspecified atom stereocenters. The number of amides is 2. The zero-order chi connectivity index (χ0) is 21.3. The van der Waals surface area contributed by atoms with Crippen molar-refractivity contribution < 1.29 is 14.1 Å². The van der Waals surface area contributed by atoms with E-state index in [2.05, 4.69) is 24.3 Å². The first-order chi connectivity index (χ1) is 15.6. The number of hydrogen-bond acceptors (Lipinski definition) is 4. The third-order valence-corrected chi connectivity index (χ3v) is 9.62. The molecule has 2 amide bonds. The number of halogens is 1. The molecule has 3 aliphatic rings. The van der Waals surface area contributed by atoms with Gasteiger partial charge in [0.05, 0.1) is 21.2 Å². The predicted molar refractivity (Wildman–Crippen MR) is 128 cm³/mol. The summed E-state index contributed by atoms with van der Waals surface area (Å²) in [6.07, 6.45) is 0. The van der Waals surface area contributed by atoms with E-state index >= 15 is 0 Å². The van der Waals surface area contributed by atoms with Crippen molar-refractivity contribution in [2.45, 2.75) is 11.8 Å². The topological polar surface area (TPSA) is 37.4 Å². The Morgan fingerprint density at radius 3 is 2.06 bits per heavy atom. The van der Waals surface area contributed by atoms with E-state index in [1.807, 2.05) is 36.4 Å². The minimum absolute atomic E-state index is 0.160. The highest BCUT2D eigenvalue weighted by Gasteiger charge is 2.55. The van der Waals surface area contributed by atoms with Crippen molar-refractivity contribution in [3.05, 3.63) is 71.8 Å². The van der Waals surface area contributed by atoms with Gasteiger partial charge in [0.25, 0.3) is 11.8 Å². The average Bonchev–Trinajstić information content (AvgIpc) is 3.43. The van der Waals surface area contributed by atoms with E-state index in [-0.39, 0.29) is 5.12 Å². The number of fused-ring (bicyclic) bond motifs is 4. The Morgan fingerprint density at radius 1 is 0.688 bits per heavy atom. The second kappa shape index (κ2) is 5.52. The van der Waals surface area contributed by atoms with Gasteiger partial charge in [0.15, 0.2) is 0 Å². The largest absolute Gasteiger partial charge is 0.271 e. The molecule has 0 N–H and O–H groups in total. The molecule has 6 heteroatoms. The van der Waals surface area contributed by atoms with Crippen LogP contribution < -0.4 is 0 Å². The van der Waals surface area contributed by atoms with Crippen molar-refractivity contribution >= 4 is 85.6 Å². The summed E-state index contributed by atoms with van der Waals surface area (Å²) in [5, 5.41) is 6.36. The van der Waals surface area contributed by atoms with Crippen LogP contribution >= 0.6 is 22.7 Å². The van der Waals surface area contributed by atoms with Crippen molar-refractivity contribution in [1.29, 1.82) is 0 Å². The molecule has 3 nitrogen and oxygen atoms in total. The number of benzene rings is 4. The van der Waals surface area contributed by atoms with E-state index in [9.17, 15) is 14.1 Å². The van der Waals surface area contributed by atoms with E-state index in [0.717, 1.165) is 36.7 Å². The number of imide groups is 1. The third-order valence-electron chi connectivity index (χ3n) is 7.06. The maximum Gasteiger partial charge on any atom is 0.266 e. The minimum atomic E-state index is -0.771. The zero-order valence-electron chi connectivity index (χ0n) is 16.4. The van der Waals surface area contributed by atoms with Crippen molar-refractivity contribution in [1.82, 2.24) is 5.12 Å². The molecule has 0 spiro atoms. The number of carbonyl (C=O) groups is 2. The SMILES string of the molecule is O=C1C2c3c4ccccc4c(c4c3sc3c5cc6ccccc6cc5sc34)C2C(=O)N1F. The van der Waals surface area contributed by atoms with Crippen LogP contribution in [-0.4, -0.2) is 16.9 Å². The summed E-state index contributed by atoms with van der Waals surface area (Å²) in [6, 6.07) is 20.6. The lowest BCUT2D eigenvalue weighted by Gasteiger charge is -2.28. The fourth-order valence-electron chi connectivity index (χ4n) is 5.78. The highest BCUT2D eigenvalue weighted by Crippen LogP contribution is 2.60. The van der Waals surface area contributed by atoms with Gasteiger partial charge in [0.2, 0.25) is 0 Å². The quantitative estimate of drug-likeness (QED) is 0.183. The molecule has 0 radical (unpaired) electrons. The van der Waals surface area contributed by atoms with E-state index in [4.69, 9.17) is 0 Å². The van der Waals surface area contributed by atoms with Gasteiger partial charge in [0, 0.05) is 20.2 Å². The molecule has 4 aromatic carbocycles. The maximum absolute atomic E-state index is 14.5. The first-order valence-electron chi connectivity index (χ1n) is 10.4. The first kappa shape index (κ1) is 17.2. The predicted octanol–water partition coefficient (Wildman–Crippen LogP) is 7.01. The number of nitrogens with zero attached hydrogens (tertiary/aromatic N) is 1. The summed E-state index contributed by atoms with van der Waals surface area (Å²) in [6.45, 7) is 0. The van der Waals surface area contributed by atoms with Gasteiger partial charge in [-0.05, 0) is 44.8 Å². The van der Waals surface area contributed by atoms with Gasteiger partial charge in [-0.25, -0.2) is 0 Å². The monoisotopic (exact) mass is 453 g/mol. The molecule has 6 aromatic rings. The van der Waals surface area contributed by atoms with Crippen molar-refractivity contribution in [3.8, 4) is 0 Å². The molecule has 9 rings (SSSR count). The van der Waals surface area contributed by atoms with Gasteiger partial charge in [0.1, 0.15) is 0 Å². The van der Waals surface area contributed by atoms with Crippen LogP contribution in [0, 0.1) is 0 Å². The van der Waals surface area contributed by atoms with Crippen molar-refractivity contribution in [2.24, 2.45) is 0 Å². The van der Waals surface area contributed by atoms with Gasteiger partial charge in [-0.15, -0.1) is 27.8 Å². The van der Waals surface area contributed by atoms with Crippen LogP contribution in [0.15, 0.2) is 60.7 Å². The maximum atomic E-state index is 14.5. The first-order valence-corrected chi connectivity index (χ1v) is 12.0. The Bertz CT molecular complexity index is 1860. The standard InChI is InChI=1S/C26H12FNO2S2/c27-28-25(29)19-17-13-7-3-4-8-14(13)18(20(19)26(28)30)23-21(17)24-22(32-23)15-9-11-5-1-2-6-12(11)10-16(15)31-24/h1-10,19-20H. The van der Waals surface area contributed by atoms with E-state index in [0.29, 0.717) is 0 Å². The van der Waals surface area contributed by atoms with Crippen LogP contribution in [0.3, 0.4) is 0 Å². The molecule has 1 aliphatic heterocycles. The smallest absolute Gasteiger partial charge is 0.266 e. The van der Waals surface area contributed by atoms with Crippen LogP contribution in [0.2, 0.25) is 0 Å². The molecule has 2 aliphatic carbocycles. The Kier molecular flexibility index (Phi) is 2.97. The zero-order valence-corrected chi connectivity index (χ0v) is 18.0. The van der Waals surface area contributed by atoms with E-state index < -0.39 is 23.7 Å². The second-order valence-electron chi connectivity index (χ2n) is 8.55. The average molecular weight is 454 g/mol. The van der Waals surface area contributed by atoms with Crippen LogP contribution in [-0.2, 0) is 9.59 Å². The summed E-state index contributed by atoms with van der Waals surface area (Å²) in [7, 11) is 0. The number of rotatable bonds is 0. The molecule has 1 fully saturated rings. The molecule has 0 saturated carbocycles. The summed E-state index contributed by atoms with van der Waals surface area (Å²) >= 11 is 3.39. The molecular weight excluding hydrogens is 441 g/mol. The summed E-state index contributed by atoms with van der Waals surface area (Å²) in [5.74, 6) is -3.00. The highest BCUT2D eigenvalue weighted by molar-refractivity contribution is 7.36. The second-order valence-corrected chi connectivity index (χ2v) is 10.6. The molecule has 152 valence electrons. The van der Waals surface area contributed by atoms with Crippen molar-refractivity contribution in [3.63, 3.8) is 0 Å². The van der Waals surface area contributed by atoms with Gasteiger partial charge in [-0.1, -0.05) is 53.0 Å². The third kappa shape index (κ3) is 1.80. The fourth-order valence-corrected chi connectivity index (χ4v) is 8.69. The molecule has 32 heavy (non-hydrogen) atoms. The molecule has 2 bridgehead atoms. The van der Waals surface area contributed by atoms with Gasteiger partial charge in [-0.2, -0.15) is 0 Å². The molecule has 2 aromatic heterocycles. The normalized spacial score (nSPS) is 20.1. The molecular formula is C26H12FNO2S2. The van der Waals surface area contributed by atoms with Gasteiger partial charge < -0.3 is 0 Å². The Hall–Kier alpha value is -3.35.